The van der Waals surface area contributed by atoms with Crippen molar-refractivity contribution in [3.63, 3.8) is 0 Å². The fourth-order valence-electron chi connectivity index (χ4n) is 1.55. The Kier molecular flexibility index (Phi) is 4.40. The summed E-state index contributed by atoms with van der Waals surface area (Å²) in [5.74, 6) is 0.418. The molecule has 1 aliphatic rings. The first-order valence-corrected chi connectivity index (χ1v) is 7.87. The van der Waals surface area contributed by atoms with Gasteiger partial charge >= 0.3 is 0 Å². The Labute approximate surface area is 117 Å². The van der Waals surface area contributed by atoms with Crippen molar-refractivity contribution in [2.45, 2.75) is 17.7 Å². The number of hydrogen-bond acceptors (Lipinski definition) is 3. The summed E-state index contributed by atoms with van der Waals surface area (Å²) >= 11 is 3.29. The van der Waals surface area contributed by atoms with Gasteiger partial charge in [0.15, 0.2) is 0 Å². The summed E-state index contributed by atoms with van der Waals surface area (Å²) in [4.78, 5) is 12.1. The number of nitrogen functional groups attached to an aromatic ring is 1. The van der Waals surface area contributed by atoms with Crippen molar-refractivity contribution in [1.82, 2.24) is 5.32 Å². The summed E-state index contributed by atoms with van der Waals surface area (Å²) in [6.45, 7) is 0.700. The number of nitrogens with one attached hydrogen (secondary N) is 1. The van der Waals surface area contributed by atoms with E-state index in [-0.39, 0.29) is 11.7 Å². The largest absolute Gasteiger partial charge is 0.398 e. The monoisotopic (exact) mass is 330 g/mol. The molecule has 1 saturated carbocycles. The lowest BCUT2D eigenvalue weighted by Crippen LogP contribution is -2.30. The van der Waals surface area contributed by atoms with Crippen molar-refractivity contribution in [2.75, 3.05) is 18.0 Å². The fourth-order valence-corrected chi connectivity index (χ4v) is 2.97. The second kappa shape index (κ2) is 5.84. The highest BCUT2D eigenvalue weighted by Gasteiger charge is 2.22. The minimum Gasteiger partial charge on any atom is -0.398 e. The predicted octanol–water partition coefficient (Wildman–Crippen LogP) is 1.67. The van der Waals surface area contributed by atoms with E-state index in [4.69, 9.17) is 5.73 Å². The summed E-state index contributed by atoms with van der Waals surface area (Å²) in [5.41, 5.74) is 6.22. The van der Waals surface area contributed by atoms with Crippen LogP contribution < -0.4 is 11.1 Å². The van der Waals surface area contributed by atoms with E-state index in [9.17, 15) is 9.00 Å². The molecule has 18 heavy (non-hydrogen) atoms. The first kappa shape index (κ1) is 13.5. The van der Waals surface area contributed by atoms with Gasteiger partial charge in [0.2, 0.25) is 5.91 Å². The summed E-state index contributed by atoms with van der Waals surface area (Å²) in [5, 5.41) is 2.79. The Morgan fingerprint density at radius 3 is 2.83 bits per heavy atom. The molecule has 6 heteroatoms. The van der Waals surface area contributed by atoms with Crippen LogP contribution >= 0.6 is 15.9 Å². The van der Waals surface area contributed by atoms with Crippen molar-refractivity contribution < 1.29 is 9.00 Å². The third-order valence-corrected chi connectivity index (χ3v) is 4.64. The molecule has 1 aromatic rings. The molecule has 3 N–H and O–H groups in total. The standard InChI is InChI=1S/C12H15BrN2O2S/c13-9-3-4-11(10(14)5-9)18(17)7-12(16)15-6-8-1-2-8/h3-5,8H,1-2,6-7,14H2,(H,15,16). The van der Waals surface area contributed by atoms with E-state index < -0.39 is 10.8 Å². The maximum atomic E-state index is 12.0. The molecule has 2 rings (SSSR count). The SMILES string of the molecule is Nc1cc(Br)ccc1S(=O)CC(=O)NCC1CC1. The molecule has 1 aliphatic carbocycles. The highest BCUT2D eigenvalue weighted by atomic mass is 79.9. The molecule has 0 aliphatic heterocycles. The number of amides is 1. The molecule has 1 unspecified atom stereocenters. The van der Waals surface area contributed by atoms with E-state index in [1.165, 1.54) is 12.8 Å². The molecule has 0 spiro atoms. The zero-order valence-corrected chi connectivity index (χ0v) is 12.2. The van der Waals surface area contributed by atoms with Crippen LogP contribution in [0.25, 0.3) is 0 Å². The van der Waals surface area contributed by atoms with Crippen LogP contribution in [0.4, 0.5) is 5.69 Å². The molecule has 0 heterocycles. The van der Waals surface area contributed by atoms with E-state index in [2.05, 4.69) is 21.2 Å². The average Bonchev–Trinajstić information content (AvgIpc) is 3.09. The van der Waals surface area contributed by atoms with Crippen LogP contribution in [0.2, 0.25) is 0 Å². The maximum absolute atomic E-state index is 12.0. The van der Waals surface area contributed by atoms with Gasteiger partial charge in [-0.15, -0.1) is 0 Å². The predicted molar refractivity (Wildman–Crippen MR) is 75.6 cm³/mol. The third kappa shape index (κ3) is 3.81. The van der Waals surface area contributed by atoms with E-state index in [0.29, 0.717) is 23.0 Å². The summed E-state index contributed by atoms with van der Waals surface area (Å²) in [7, 11) is -1.39. The van der Waals surface area contributed by atoms with Crippen LogP contribution in [0, 0.1) is 5.92 Å². The molecule has 0 saturated heterocycles. The van der Waals surface area contributed by atoms with E-state index >= 15 is 0 Å². The topological polar surface area (TPSA) is 72.2 Å². The molecule has 0 radical (unpaired) electrons. The number of carbonyl (C=O) groups is 1. The Hall–Kier alpha value is -0.880. The molecule has 98 valence electrons. The average molecular weight is 331 g/mol. The van der Waals surface area contributed by atoms with Gasteiger partial charge in [0.25, 0.3) is 0 Å². The number of anilines is 1. The number of rotatable bonds is 5. The quantitative estimate of drug-likeness (QED) is 0.806. The summed E-state index contributed by atoms with van der Waals surface area (Å²) in [6, 6.07) is 5.14. The van der Waals surface area contributed by atoms with Crippen LogP contribution in [-0.4, -0.2) is 22.4 Å². The lowest BCUT2D eigenvalue weighted by atomic mass is 10.3. The molecular weight excluding hydrogens is 316 g/mol. The summed E-state index contributed by atoms with van der Waals surface area (Å²) < 4.78 is 12.8. The van der Waals surface area contributed by atoms with Crippen molar-refractivity contribution in [2.24, 2.45) is 5.92 Å². The Balaban J connectivity index is 1.91. The molecular formula is C12H15BrN2O2S. The van der Waals surface area contributed by atoms with Crippen LogP contribution in [0.15, 0.2) is 27.6 Å². The van der Waals surface area contributed by atoms with Crippen LogP contribution in [0.1, 0.15) is 12.8 Å². The molecule has 0 bridgehead atoms. The first-order chi connectivity index (χ1) is 8.56. The lowest BCUT2D eigenvalue weighted by Gasteiger charge is -2.07. The van der Waals surface area contributed by atoms with Crippen LogP contribution in [0.5, 0.6) is 0 Å². The second-order valence-electron chi connectivity index (χ2n) is 4.42. The maximum Gasteiger partial charge on any atom is 0.233 e. The zero-order valence-electron chi connectivity index (χ0n) is 9.82. The van der Waals surface area contributed by atoms with Gasteiger partial charge in [-0.05, 0) is 37.0 Å². The van der Waals surface area contributed by atoms with Crippen molar-refractivity contribution in [3.05, 3.63) is 22.7 Å². The highest BCUT2D eigenvalue weighted by Crippen LogP contribution is 2.27. The van der Waals surface area contributed by atoms with Crippen molar-refractivity contribution >= 4 is 38.3 Å². The Bertz CT molecular complexity index is 489. The first-order valence-electron chi connectivity index (χ1n) is 5.76. The Morgan fingerprint density at radius 2 is 2.22 bits per heavy atom. The van der Waals surface area contributed by atoms with E-state index in [0.717, 1.165) is 4.47 Å². The third-order valence-electron chi connectivity index (χ3n) is 2.76. The summed E-state index contributed by atoms with van der Waals surface area (Å²) in [6.07, 6.45) is 2.37. The van der Waals surface area contributed by atoms with Crippen molar-refractivity contribution in [1.29, 1.82) is 0 Å². The van der Waals surface area contributed by atoms with Gasteiger partial charge in [-0.3, -0.25) is 9.00 Å². The molecule has 4 nitrogen and oxygen atoms in total. The van der Waals surface area contributed by atoms with Gasteiger partial charge in [0.05, 0.1) is 15.7 Å². The number of carbonyl (C=O) groups excluding carboxylic acids is 1. The molecule has 1 atom stereocenters. The normalized spacial score (nSPS) is 16.3. The number of halogens is 1. The van der Waals surface area contributed by atoms with Gasteiger partial charge in [0, 0.05) is 16.7 Å². The van der Waals surface area contributed by atoms with Gasteiger partial charge in [-0.25, -0.2) is 0 Å². The zero-order chi connectivity index (χ0) is 13.1. The van der Waals surface area contributed by atoms with E-state index in [1.807, 2.05) is 0 Å². The molecule has 1 aromatic carbocycles. The number of nitrogens with two attached hydrogens (primary N) is 1. The molecule has 1 fully saturated rings. The lowest BCUT2D eigenvalue weighted by molar-refractivity contribution is -0.118. The highest BCUT2D eigenvalue weighted by molar-refractivity contribution is 9.10. The number of hydrogen-bond donors (Lipinski definition) is 2. The fraction of sp³-hybridized carbons (Fsp3) is 0.417. The molecule has 0 aromatic heterocycles. The number of benzene rings is 1. The second-order valence-corrected chi connectivity index (χ2v) is 6.75. The van der Waals surface area contributed by atoms with Crippen molar-refractivity contribution in [3.8, 4) is 0 Å². The smallest absolute Gasteiger partial charge is 0.233 e. The van der Waals surface area contributed by atoms with Gasteiger partial charge in [-0.1, -0.05) is 15.9 Å². The van der Waals surface area contributed by atoms with Crippen LogP contribution in [-0.2, 0) is 15.6 Å². The minimum atomic E-state index is -1.39. The van der Waals surface area contributed by atoms with Crippen LogP contribution in [0.3, 0.4) is 0 Å². The Morgan fingerprint density at radius 1 is 1.50 bits per heavy atom. The van der Waals surface area contributed by atoms with Gasteiger partial charge in [-0.2, -0.15) is 0 Å². The van der Waals surface area contributed by atoms with E-state index in [1.54, 1.807) is 18.2 Å². The molecule has 1 amide bonds. The minimum absolute atomic E-state index is 0.0292. The van der Waals surface area contributed by atoms with Gasteiger partial charge in [0.1, 0.15) is 5.75 Å². The van der Waals surface area contributed by atoms with Gasteiger partial charge < -0.3 is 11.1 Å².